The van der Waals surface area contributed by atoms with Crippen molar-refractivity contribution in [1.82, 2.24) is 19.3 Å². The molecule has 0 radical (unpaired) electrons. The summed E-state index contributed by atoms with van der Waals surface area (Å²) >= 11 is 5.99. The maximum atomic E-state index is 12.7. The summed E-state index contributed by atoms with van der Waals surface area (Å²) in [5.41, 5.74) is 1.54. The Labute approximate surface area is 126 Å². The molecule has 21 heavy (non-hydrogen) atoms. The number of aromatic nitrogens is 4. The van der Waals surface area contributed by atoms with E-state index in [4.69, 9.17) is 11.6 Å². The van der Waals surface area contributed by atoms with Crippen molar-refractivity contribution in [2.75, 3.05) is 0 Å². The lowest BCUT2D eigenvalue weighted by atomic mass is 10.1. The van der Waals surface area contributed by atoms with Crippen LogP contribution in [0.2, 0.25) is 5.02 Å². The van der Waals surface area contributed by atoms with Crippen LogP contribution in [0.5, 0.6) is 0 Å². The van der Waals surface area contributed by atoms with Crippen LogP contribution in [0.3, 0.4) is 0 Å². The van der Waals surface area contributed by atoms with Gasteiger partial charge in [0.05, 0.1) is 29.0 Å². The molecule has 3 rings (SSSR count). The minimum atomic E-state index is -0.0964. The number of hydrogen-bond acceptors (Lipinski definition) is 3. The second kappa shape index (κ2) is 5.33. The number of rotatable bonds is 3. The molecule has 5 nitrogen and oxygen atoms in total. The van der Waals surface area contributed by atoms with Gasteiger partial charge in [-0.1, -0.05) is 18.5 Å². The molecular formula is C15H15ClN4O. The highest BCUT2D eigenvalue weighted by Gasteiger charge is 2.17. The van der Waals surface area contributed by atoms with Gasteiger partial charge in [0.15, 0.2) is 0 Å². The van der Waals surface area contributed by atoms with Gasteiger partial charge in [0.1, 0.15) is 0 Å². The molecule has 0 N–H and O–H groups in total. The van der Waals surface area contributed by atoms with Crippen LogP contribution in [-0.4, -0.2) is 19.3 Å². The molecule has 1 aromatic carbocycles. The minimum absolute atomic E-state index is 0.0875. The lowest BCUT2D eigenvalue weighted by Gasteiger charge is -2.18. The van der Waals surface area contributed by atoms with Gasteiger partial charge in [0.25, 0.3) is 5.56 Å². The summed E-state index contributed by atoms with van der Waals surface area (Å²) in [4.78, 5) is 17.1. The zero-order valence-corrected chi connectivity index (χ0v) is 12.6. The maximum Gasteiger partial charge on any atom is 0.261 e. The first kappa shape index (κ1) is 13.8. The van der Waals surface area contributed by atoms with E-state index >= 15 is 0 Å². The van der Waals surface area contributed by atoms with Gasteiger partial charge >= 0.3 is 0 Å². The average molecular weight is 303 g/mol. The third kappa shape index (κ3) is 2.34. The smallest absolute Gasteiger partial charge is 0.261 e. The van der Waals surface area contributed by atoms with Crippen LogP contribution in [0, 0.1) is 0 Å². The van der Waals surface area contributed by atoms with Crippen molar-refractivity contribution < 1.29 is 0 Å². The van der Waals surface area contributed by atoms with Crippen LogP contribution >= 0.6 is 11.6 Å². The monoisotopic (exact) mass is 302 g/mol. The van der Waals surface area contributed by atoms with Crippen LogP contribution in [0.25, 0.3) is 10.9 Å². The van der Waals surface area contributed by atoms with E-state index in [1.54, 1.807) is 40.0 Å². The van der Waals surface area contributed by atoms with Gasteiger partial charge in [-0.25, -0.2) is 4.98 Å². The third-order valence-corrected chi connectivity index (χ3v) is 3.90. The minimum Gasteiger partial charge on any atom is -0.290 e. The number of aryl methyl sites for hydroxylation is 1. The van der Waals surface area contributed by atoms with Crippen LogP contribution < -0.4 is 5.56 Å². The van der Waals surface area contributed by atoms with Gasteiger partial charge in [-0.2, -0.15) is 5.10 Å². The molecule has 3 aromatic rings. The fourth-order valence-corrected chi connectivity index (χ4v) is 2.76. The van der Waals surface area contributed by atoms with Gasteiger partial charge in [0, 0.05) is 18.3 Å². The molecule has 0 unspecified atom stereocenters. The van der Waals surface area contributed by atoms with Crippen LogP contribution in [0.4, 0.5) is 0 Å². The highest BCUT2D eigenvalue weighted by Crippen LogP contribution is 2.21. The van der Waals surface area contributed by atoms with Crippen LogP contribution in [0.15, 0.2) is 41.6 Å². The first-order chi connectivity index (χ1) is 10.1. The lowest BCUT2D eigenvalue weighted by Crippen LogP contribution is -2.27. The molecule has 0 aliphatic heterocycles. The molecule has 0 spiro atoms. The Morgan fingerprint density at radius 3 is 2.81 bits per heavy atom. The van der Waals surface area contributed by atoms with Gasteiger partial charge in [-0.3, -0.25) is 14.0 Å². The first-order valence-electron chi connectivity index (χ1n) is 6.76. The Bertz CT molecular complexity index is 852. The van der Waals surface area contributed by atoms with E-state index in [2.05, 4.69) is 10.1 Å². The molecule has 1 atom stereocenters. The Kier molecular flexibility index (Phi) is 3.51. The molecule has 0 amide bonds. The van der Waals surface area contributed by atoms with E-state index in [1.807, 2.05) is 20.0 Å². The molecule has 2 aromatic heterocycles. The van der Waals surface area contributed by atoms with E-state index in [1.165, 1.54) is 0 Å². The molecule has 0 aliphatic rings. The summed E-state index contributed by atoms with van der Waals surface area (Å²) < 4.78 is 3.43. The largest absolute Gasteiger partial charge is 0.290 e. The SMILES string of the molecule is CC[C@H](c1ccnn1C)n1cnc2ccc(Cl)cc2c1=O. The Balaban J connectivity index is 2.22. The molecule has 0 bridgehead atoms. The number of nitrogens with zero attached hydrogens (tertiary/aromatic N) is 4. The number of benzene rings is 1. The first-order valence-corrected chi connectivity index (χ1v) is 7.14. The highest BCUT2D eigenvalue weighted by molar-refractivity contribution is 6.31. The Hall–Kier alpha value is -2.14. The van der Waals surface area contributed by atoms with Gasteiger partial charge in [0.2, 0.25) is 0 Å². The molecule has 0 saturated heterocycles. The molecule has 0 saturated carbocycles. The van der Waals surface area contributed by atoms with Crippen molar-refractivity contribution in [3.8, 4) is 0 Å². The highest BCUT2D eigenvalue weighted by atomic mass is 35.5. The Morgan fingerprint density at radius 2 is 2.14 bits per heavy atom. The van der Waals surface area contributed by atoms with Gasteiger partial charge in [-0.05, 0) is 30.7 Å². The van der Waals surface area contributed by atoms with Crippen molar-refractivity contribution in [3.05, 3.63) is 57.9 Å². The lowest BCUT2D eigenvalue weighted by molar-refractivity contribution is 0.502. The molecule has 0 fully saturated rings. The number of fused-ring (bicyclic) bond motifs is 1. The topological polar surface area (TPSA) is 52.7 Å². The fourth-order valence-electron chi connectivity index (χ4n) is 2.59. The second-order valence-corrected chi connectivity index (χ2v) is 5.36. The van der Waals surface area contributed by atoms with E-state index in [0.717, 1.165) is 12.1 Å². The van der Waals surface area contributed by atoms with E-state index in [0.29, 0.717) is 15.9 Å². The normalized spacial score (nSPS) is 12.7. The van der Waals surface area contributed by atoms with Crippen molar-refractivity contribution >= 4 is 22.5 Å². The summed E-state index contributed by atoms with van der Waals surface area (Å²) in [6.07, 6.45) is 4.10. The van der Waals surface area contributed by atoms with Crippen LogP contribution in [-0.2, 0) is 7.05 Å². The summed E-state index contributed by atoms with van der Waals surface area (Å²) in [5, 5.41) is 5.24. The summed E-state index contributed by atoms with van der Waals surface area (Å²) in [6, 6.07) is 6.98. The van der Waals surface area contributed by atoms with Crippen molar-refractivity contribution in [3.63, 3.8) is 0 Å². The summed E-state index contributed by atoms with van der Waals surface area (Å²) in [6.45, 7) is 2.03. The van der Waals surface area contributed by atoms with E-state index in [9.17, 15) is 4.79 Å². The molecular weight excluding hydrogens is 288 g/mol. The van der Waals surface area contributed by atoms with Crippen molar-refractivity contribution in [2.45, 2.75) is 19.4 Å². The summed E-state index contributed by atoms with van der Waals surface area (Å²) in [5.74, 6) is 0. The standard InChI is InChI=1S/C15H15ClN4O/c1-3-13(14-6-7-18-19(14)2)20-9-17-12-5-4-10(16)8-11(12)15(20)21/h4-9,13H,3H2,1-2H3/t13-/m1/s1. The Morgan fingerprint density at radius 1 is 1.33 bits per heavy atom. The zero-order chi connectivity index (χ0) is 15.0. The van der Waals surface area contributed by atoms with Gasteiger partial charge < -0.3 is 0 Å². The van der Waals surface area contributed by atoms with E-state index < -0.39 is 0 Å². The molecule has 108 valence electrons. The number of halogens is 1. The quantitative estimate of drug-likeness (QED) is 0.747. The van der Waals surface area contributed by atoms with Crippen molar-refractivity contribution in [1.29, 1.82) is 0 Å². The third-order valence-electron chi connectivity index (χ3n) is 3.67. The maximum absolute atomic E-state index is 12.7. The second-order valence-electron chi connectivity index (χ2n) is 4.92. The predicted octanol–water partition coefficient (Wildman–Crippen LogP) is 2.78. The molecule has 0 aliphatic carbocycles. The average Bonchev–Trinajstić information content (AvgIpc) is 2.89. The predicted molar refractivity (Wildman–Crippen MR) is 82.7 cm³/mol. The van der Waals surface area contributed by atoms with E-state index in [-0.39, 0.29) is 11.6 Å². The van der Waals surface area contributed by atoms with Crippen molar-refractivity contribution in [2.24, 2.45) is 7.05 Å². The number of hydrogen-bond donors (Lipinski definition) is 0. The van der Waals surface area contributed by atoms with Crippen LogP contribution in [0.1, 0.15) is 25.1 Å². The zero-order valence-electron chi connectivity index (χ0n) is 11.8. The van der Waals surface area contributed by atoms with Gasteiger partial charge in [-0.15, -0.1) is 0 Å². The molecule has 2 heterocycles. The fraction of sp³-hybridized carbons (Fsp3) is 0.267. The molecule has 6 heteroatoms. The summed E-state index contributed by atoms with van der Waals surface area (Å²) in [7, 11) is 1.87.